The fraction of sp³-hybridized carbons (Fsp3) is 0.750. The molecule has 0 saturated heterocycles. The lowest BCUT2D eigenvalue weighted by Crippen LogP contribution is -2.39. The van der Waals surface area contributed by atoms with E-state index in [-0.39, 0.29) is 31.2 Å². The fourth-order valence-corrected chi connectivity index (χ4v) is 1.29. The summed E-state index contributed by atoms with van der Waals surface area (Å²) in [4.78, 5) is 35.4. The molecule has 0 atom stereocenters. The summed E-state index contributed by atoms with van der Waals surface area (Å²) in [6.07, 6.45) is 0.0724. The van der Waals surface area contributed by atoms with Gasteiger partial charge in [-0.05, 0) is 6.92 Å². The van der Waals surface area contributed by atoms with Gasteiger partial charge in [-0.15, -0.1) is 0 Å². The monoisotopic (exact) mass is 274 g/mol. The number of nitrogens with zero attached hydrogens (tertiary/aromatic N) is 1. The molecule has 7 heteroatoms. The number of amides is 2. The first-order valence-electron chi connectivity index (χ1n) is 6.16. The summed E-state index contributed by atoms with van der Waals surface area (Å²) in [7, 11) is 3.06. The van der Waals surface area contributed by atoms with Crippen molar-refractivity contribution in [3.63, 3.8) is 0 Å². The van der Waals surface area contributed by atoms with Gasteiger partial charge in [0.05, 0.1) is 26.2 Å². The molecular weight excluding hydrogens is 252 g/mol. The summed E-state index contributed by atoms with van der Waals surface area (Å²) < 4.78 is 9.50. The van der Waals surface area contributed by atoms with Crippen molar-refractivity contribution < 1.29 is 23.9 Å². The second kappa shape index (κ2) is 10.3. The van der Waals surface area contributed by atoms with Gasteiger partial charge >= 0.3 is 5.97 Å². The topological polar surface area (TPSA) is 84.9 Å². The van der Waals surface area contributed by atoms with Gasteiger partial charge in [0, 0.05) is 27.1 Å². The van der Waals surface area contributed by atoms with Gasteiger partial charge in [-0.2, -0.15) is 0 Å². The molecule has 0 unspecified atom stereocenters. The van der Waals surface area contributed by atoms with E-state index in [4.69, 9.17) is 9.47 Å². The first-order valence-corrected chi connectivity index (χ1v) is 6.16. The quantitative estimate of drug-likeness (QED) is 0.455. The average molecular weight is 274 g/mol. The van der Waals surface area contributed by atoms with E-state index < -0.39 is 5.97 Å². The summed E-state index contributed by atoms with van der Waals surface area (Å²) >= 11 is 0. The number of carbonyl (C=O) groups is 3. The molecule has 110 valence electrons. The van der Waals surface area contributed by atoms with Crippen molar-refractivity contribution in [3.05, 3.63) is 0 Å². The highest BCUT2D eigenvalue weighted by Crippen LogP contribution is 1.97. The van der Waals surface area contributed by atoms with Crippen LogP contribution in [0.1, 0.15) is 19.8 Å². The smallest absolute Gasteiger partial charge is 0.306 e. The Morgan fingerprint density at radius 1 is 1.21 bits per heavy atom. The van der Waals surface area contributed by atoms with Crippen LogP contribution >= 0.6 is 0 Å². The molecule has 0 aliphatic heterocycles. The van der Waals surface area contributed by atoms with Gasteiger partial charge < -0.3 is 19.7 Å². The van der Waals surface area contributed by atoms with Gasteiger partial charge in [0.1, 0.15) is 0 Å². The molecule has 0 fully saturated rings. The number of nitrogens with one attached hydrogen (secondary N) is 1. The predicted molar refractivity (Wildman–Crippen MR) is 68.4 cm³/mol. The SMILES string of the molecule is CCOC(=O)CCC(=O)N(C)CC(=O)NCCOC. The minimum atomic E-state index is -0.409. The lowest BCUT2D eigenvalue weighted by atomic mass is 10.3. The number of ether oxygens (including phenoxy) is 2. The van der Waals surface area contributed by atoms with E-state index in [2.05, 4.69) is 5.32 Å². The van der Waals surface area contributed by atoms with E-state index in [1.165, 1.54) is 19.1 Å². The first kappa shape index (κ1) is 17.4. The second-order valence-electron chi connectivity index (χ2n) is 3.90. The van der Waals surface area contributed by atoms with E-state index in [0.29, 0.717) is 19.8 Å². The molecule has 0 aliphatic rings. The van der Waals surface area contributed by atoms with Gasteiger partial charge in [0.25, 0.3) is 0 Å². The zero-order valence-electron chi connectivity index (χ0n) is 11.7. The highest BCUT2D eigenvalue weighted by atomic mass is 16.5. The molecule has 0 aromatic carbocycles. The van der Waals surface area contributed by atoms with Crippen molar-refractivity contribution in [2.24, 2.45) is 0 Å². The Hall–Kier alpha value is -1.63. The van der Waals surface area contributed by atoms with E-state index in [9.17, 15) is 14.4 Å². The molecule has 0 bridgehead atoms. The van der Waals surface area contributed by atoms with Crippen molar-refractivity contribution in [1.82, 2.24) is 10.2 Å². The maximum Gasteiger partial charge on any atom is 0.306 e. The first-order chi connectivity index (χ1) is 9.01. The zero-order chi connectivity index (χ0) is 14.7. The van der Waals surface area contributed by atoms with Gasteiger partial charge in [-0.1, -0.05) is 0 Å². The molecule has 2 amide bonds. The van der Waals surface area contributed by atoms with Crippen molar-refractivity contribution in [3.8, 4) is 0 Å². The van der Waals surface area contributed by atoms with Crippen molar-refractivity contribution in [2.45, 2.75) is 19.8 Å². The van der Waals surface area contributed by atoms with E-state index in [0.717, 1.165) is 0 Å². The molecule has 7 nitrogen and oxygen atoms in total. The molecular formula is C12H22N2O5. The standard InChI is InChI=1S/C12H22N2O5/c1-4-19-12(17)6-5-11(16)14(2)9-10(15)13-7-8-18-3/h4-9H2,1-3H3,(H,13,15). The molecule has 0 spiro atoms. The van der Waals surface area contributed by atoms with Crippen molar-refractivity contribution in [1.29, 1.82) is 0 Å². The van der Waals surface area contributed by atoms with Gasteiger partial charge in [0.2, 0.25) is 11.8 Å². The van der Waals surface area contributed by atoms with Crippen LogP contribution in [-0.2, 0) is 23.9 Å². The lowest BCUT2D eigenvalue weighted by molar-refractivity contribution is -0.145. The van der Waals surface area contributed by atoms with Crippen molar-refractivity contribution >= 4 is 17.8 Å². The number of hydrogen-bond donors (Lipinski definition) is 1. The van der Waals surface area contributed by atoms with Gasteiger partial charge in [-0.3, -0.25) is 14.4 Å². The van der Waals surface area contributed by atoms with Crippen LogP contribution in [0, 0.1) is 0 Å². The average Bonchev–Trinajstić information content (AvgIpc) is 2.36. The lowest BCUT2D eigenvalue weighted by Gasteiger charge is -2.16. The number of methoxy groups -OCH3 is 1. The Bertz CT molecular complexity index is 306. The summed E-state index contributed by atoms with van der Waals surface area (Å²) in [5.74, 6) is -0.937. The Balaban J connectivity index is 3.86. The molecule has 0 heterocycles. The molecule has 19 heavy (non-hydrogen) atoms. The van der Waals surface area contributed by atoms with E-state index >= 15 is 0 Å². The molecule has 1 N–H and O–H groups in total. The summed E-state index contributed by atoms with van der Waals surface area (Å²) in [5.41, 5.74) is 0. The van der Waals surface area contributed by atoms with E-state index in [1.54, 1.807) is 6.92 Å². The predicted octanol–water partition coefficient (Wildman–Crippen LogP) is -0.449. The van der Waals surface area contributed by atoms with Gasteiger partial charge in [0.15, 0.2) is 0 Å². The third-order valence-corrected chi connectivity index (χ3v) is 2.28. The van der Waals surface area contributed by atoms with Crippen LogP contribution in [0.2, 0.25) is 0 Å². The van der Waals surface area contributed by atoms with Crippen molar-refractivity contribution in [2.75, 3.05) is 40.5 Å². The molecule has 0 radical (unpaired) electrons. The number of likely N-dealkylation sites (N-methyl/N-ethyl adjacent to an activating group) is 1. The maximum atomic E-state index is 11.6. The Labute approximate surface area is 113 Å². The number of esters is 1. The normalized spacial score (nSPS) is 9.84. The van der Waals surface area contributed by atoms with E-state index in [1.807, 2.05) is 0 Å². The number of rotatable bonds is 9. The second-order valence-corrected chi connectivity index (χ2v) is 3.90. The molecule has 0 aromatic rings. The highest BCUT2D eigenvalue weighted by molar-refractivity contribution is 5.86. The summed E-state index contributed by atoms with van der Waals surface area (Å²) in [6, 6.07) is 0. The largest absolute Gasteiger partial charge is 0.466 e. The molecule has 0 rings (SSSR count). The van der Waals surface area contributed by atoms with Crippen LogP contribution in [0.25, 0.3) is 0 Å². The number of hydrogen-bond acceptors (Lipinski definition) is 5. The minimum absolute atomic E-state index is 0.0301. The summed E-state index contributed by atoms with van der Waals surface area (Å²) in [5, 5.41) is 2.61. The molecule has 0 aromatic heterocycles. The third kappa shape index (κ3) is 9.01. The number of carbonyl (C=O) groups excluding carboxylic acids is 3. The zero-order valence-corrected chi connectivity index (χ0v) is 11.7. The maximum absolute atomic E-state index is 11.6. The van der Waals surface area contributed by atoms with Crippen LogP contribution in [-0.4, -0.2) is 63.1 Å². The summed E-state index contributed by atoms with van der Waals surface area (Å²) in [6.45, 7) is 2.79. The van der Waals surface area contributed by atoms with Crippen LogP contribution in [0.3, 0.4) is 0 Å². The Kier molecular flexibility index (Phi) is 9.42. The third-order valence-electron chi connectivity index (χ3n) is 2.28. The van der Waals surface area contributed by atoms with Crippen LogP contribution in [0.4, 0.5) is 0 Å². The van der Waals surface area contributed by atoms with Crippen LogP contribution in [0.5, 0.6) is 0 Å². The van der Waals surface area contributed by atoms with Gasteiger partial charge in [-0.25, -0.2) is 0 Å². The Morgan fingerprint density at radius 3 is 2.47 bits per heavy atom. The van der Waals surface area contributed by atoms with Crippen LogP contribution < -0.4 is 5.32 Å². The van der Waals surface area contributed by atoms with Crippen LogP contribution in [0.15, 0.2) is 0 Å². The molecule has 0 aliphatic carbocycles. The fourth-order valence-electron chi connectivity index (χ4n) is 1.29. The molecule has 0 saturated carbocycles. The minimum Gasteiger partial charge on any atom is -0.466 e. The Morgan fingerprint density at radius 2 is 1.89 bits per heavy atom. The highest BCUT2D eigenvalue weighted by Gasteiger charge is 2.14.